The molecule has 2 atom stereocenters. The molecular formula is C9H16FNO3. The number of alkyl halides is 1. The Bertz CT molecular complexity index is 216. The van der Waals surface area contributed by atoms with Crippen molar-refractivity contribution in [2.24, 2.45) is 0 Å². The van der Waals surface area contributed by atoms with E-state index in [-0.39, 0.29) is 6.61 Å². The van der Waals surface area contributed by atoms with Gasteiger partial charge in [-0.25, -0.2) is 9.18 Å². The number of esters is 1. The molecule has 0 rings (SSSR count). The van der Waals surface area contributed by atoms with Gasteiger partial charge in [-0.2, -0.15) is 0 Å². The number of carbonyl (C=O) groups is 2. The lowest BCUT2D eigenvalue weighted by Crippen LogP contribution is -2.46. The number of halogens is 1. The lowest BCUT2D eigenvalue weighted by Gasteiger charge is -2.21. The van der Waals surface area contributed by atoms with E-state index in [1.807, 2.05) is 0 Å². The Balaban J connectivity index is 4.60. The molecule has 0 radical (unpaired) electrons. The fourth-order valence-corrected chi connectivity index (χ4v) is 1.02. The van der Waals surface area contributed by atoms with Gasteiger partial charge in [0.2, 0.25) is 0 Å². The van der Waals surface area contributed by atoms with Crippen molar-refractivity contribution in [2.75, 3.05) is 20.7 Å². The maximum absolute atomic E-state index is 12.7. The van der Waals surface area contributed by atoms with Crippen molar-refractivity contribution in [3.63, 3.8) is 0 Å². The minimum Gasteiger partial charge on any atom is -0.464 e. The molecule has 0 aromatic heterocycles. The maximum atomic E-state index is 12.7. The van der Waals surface area contributed by atoms with Crippen LogP contribution in [0.1, 0.15) is 13.8 Å². The van der Waals surface area contributed by atoms with Crippen LogP contribution in [0.5, 0.6) is 0 Å². The summed E-state index contributed by atoms with van der Waals surface area (Å²) in [5.41, 5.74) is 0. The highest BCUT2D eigenvalue weighted by Crippen LogP contribution is 2.04. The van der Waals surface area contributed by atoms with Crippen LogP contribution in [0.2, 0.25) is 0 Å². The van der Waals surface area contributed by atoms with Crippen LogP contribution >= 0.6 is 0 Å². The molecule has 0 amide bonds. The number of ether oxygens (including phenoxy) is 1. The average molecular weight is 205 g/mol. The quantitative estimate of drug-likeness (QED) is 0.481. The maximum Gasteiger partial charge on any atom is 0.331 e. The van der Waals surface area contributed by atoms with Gasteiger partial charge in [0.05, 0.1) is 6.61 Å². The van der Waals surface area contributed by atoms with Crippen LogP contribution in [-0.4, -0.2) is 49.6 Å². The summed E-state index contributed by atoms with van der Waals surface area (Å²) in [6, 6.07) is -1.14. The molecule has 0 heterocycles. The monoisotopic (exact) mass is 205 g/mol. The first-order chi connectivity index (χ1) is 6.41. The Hall–Kier alpha value is -0.970. The van der Waals surface area contributed by atoms with Crippen molar-refractivity contribution in [1.29, 1.82) is 0 Å². The zero-order chi connectivity index (χ0) is 11.3. The van der Waals surface area contributed by atoms with Crippen molar-refractivity contribution >= 4 is 11.8 Å². The fourth-order valence-electron chi connectivity index (χ4n) is 1.02. The van der Waals surface area contributed by atoms with Crippen molar-refractivity contribution in [3.8, 4) is 0 Å². The average Bonchev–Trinajstić information content (AvgIpc) is 2.03. The number of hydrogen-bond donors (Lipinski definition) is 0. The Labute approximate surface area is 83.0 Å². The number of rotatable bonds is 5. The predicted octanol–water partition coefficient (Wildman–Crippen LogP) is 0.407. The minimum atomic E-state index is -1.66. The van der Waals surface area contributed by atoms with Crippen molar-refractivity contribution in [1.82, 2.24) is 4.90 Å². The molecule has 0 saturated heterocycles. The van der Waals surface area contributed by atoms with Crippen LogP contribution in [-0.2, 0) is 14.3 Å². The number of ketones is 1. The Morgan fingerprint density at radius 2 is 1.93 bits per heavy atom. The predicted molar refractivity (Wildman–Crippen MR) is 49.7 cm³/mol. The molecule has 0 fully saturated rings. The van der Waals surface area contributed by atoms with E-state index in [2.05, 4.69) is 4.74 Å². The molecule has 0 aromatic rings. The molecule has 0 aromatic carbocycles. The van der Waals surface area contributed by atoms with Gasteiger partial charge in [0, 0.05) is 0 Å². The van der Waals surface area contributed by atoms with Crippen LogP contribution in [0.3, 0.4) is 0 Å². The third-order valence-electron chi connectivity index (χ3n) is 1.69. The van der Waals surface area contributed by atoms with Crippen molar-refractivity contribution < 1.29 is 18.7 Å². The number of carbonyl (C=O) groups excluding carboxylic acids is 2. The van der Waals surface area contributed by atoms with Gasteiger partial charge in [-0.15, -0.1) is 0 Å². The summed E-state index contributed by atoms with van der Waals surface area (Å²) in [6.07, 6.45) is -1.66. The van der Waals surface area contributed by atoms with Gasteiger partial charge >= 0.3 is 5.97 Å². The summed E-state index contributed by atoms with van der Waals surface area (Å²) < 4.78 is 17.4. The molecule has 0 aliphatic rings. The van der Waals surface area contributed by atoms with Crippen molar-refractivity contribution in [3.05, 3.63) is 0 Å². The van der Waals surface area contributed by atoms with Crippen LogP contribution in [0.4, 0.5) is 4.39 Å². The molecule has 0 saturated carbocycles. The second-order valence-electron chi connectivity index (χ2n) is 3.14. The third kappa shape index (κ3) is 3.41. The molecular weight excluding hydrogens is 189 g/mol. The molecule has 0 bridgehead atoms. The molecule has 14 heavy (non-hydrogen) atoms. The first-order valence-electron chi connectivity index (χ1n) is 4.42. The lowest BCUT2D eigenvalue weighted by atomic mass is 10.1. The number of hydrogen-bond acceptors (Lipinski definition) is 4. The first kappa shape index (κ1) is 13.0. The summed E-state index contributed by atoms with van der Waals surface area (Å²) in [4.78, 5) is 23.9. The summed E-state index contributed by atoms with van der Waals surface area (Å²) in [5, 5.41) is 0. The van der Waals surface area contributed by atoms with E-state index in [9.17, 15) is 14.0 Å². The zero-order valence-corrected chi connectivity index (χ0v) is 8.91. The van der Waals surface area contributed by atoms with Gasteiger partial charge in [-0.1, -0.05) is 0 Å². The molecule has 0 aliphatic heterocycles. The van der Waals surface area contributed by atoms with Crippen LogP contribution in [0.15, 0.2) is 0 Å². The Morgan fingerprint density at radius 1 is 1.43 bits per heavy atom. The highest BCUT2D eigenvalue weighted by atomic mass is 19.1. The summed E-state index contributed by atoms with van der Waals surface area (Å²) in [5.74, 6) is -1.47. The van der Waals surface area contributed by atoms with Gasteiger partial charge < -0.3 is 4.74 Å². The van der Waals surface area contributed by atoms with Gasteiger partial charge in [0.25, 0.3) is 0 Å². The Morgan fingerprint density at radius 3 is 2.21 bits per heavy atom. The van der Waals surface area contributed by atoms with E-state index in [1.54, 1.807) is 6.92 Å². The number of Topliss-reactive ketones (excluding diaryl/α,β-unsaturated/α-hetero) is 1. The van der Waals surface area contributed by atoms with E-state index in [4.69, 9.17) is 0 Å². The van der Waals surface area contributed by atoms with Crippen molar-refractivity contribution in [2.45, 2.75) is 26.1 Å². The highest BCUT2D eigenvalue weighted by molar-refractivity contribution is 6.04. The topological polar surface area (TPSA) is 46.6 Å². The lowest BCUT2D eigenvalue weighted by molar-refractivity contribution is -0.153. The van der Waals surface area contributed by atoms with E-state index < -0.39 is 24.0 Å². The van der Waals surface area contributed by atoms with Crippen LogP contribution < -0.4 is 0 Å². The fraction of sp³-hybridized carbons (Fsp3) is 0.778. The van der Waals surface area contributed by atoms with E-state index >= 15 is 0 Å². The highest BCUT2D eigenvalue weighted by Gasteiger charge is 2.33. The van der Waals surface area contributed by atoms with E-state index in [0.717, 1.165) is 6.92 Å². The third-order valence-corrected chi connectivity index (χ3v) is 1.69. The zero-order valence-electron chi connectivity index (χ0n) is 8.91. The van der Waals surface area contributed by atoms with Crippen LogP contribution in [0, 0.1) is 0 Å². The number of nitrogens with zero attached hydrogens (tertiary/aromatic N) is 1. The van der Waals surface area contributed by atoms with Gasteiger partial charge in [-0.3, -0.25) is 9.69 Å². The SMILES string of the molecule is CCOC(=O)C(C(=O)C(C)F)N(C)C. The normalized spacial score (nSPS) is 15.0. The van der Waals surface area contributed by atoms with Gasteiger partial charge in [-0.05, 0) is 27.9 Å². The first-order valence-corrected chi connectivity index (χ1v) is 4.42. The molecule has 0 spiro atoms. The smallest absolute Gasteiger partial charge is 0.331 e. The summed E-state index contributed by atoms with van der Waals surface area (Å²) in [7, 11) is 3.06. The van der Waals surface area contributed by atoms with E-state index in [1.165, 1.54) is 19.0 Å². The minimum absolute atomic E-state index is 0.178. The molecule has 82 valence electrons. The Kier molecular flexibility index (Phi) is 5.30. The molecule has 2 unspecified atom stereocenters. The largest absolute Gasteiger partial charge is 0.464 e. The van der Waals surface area contributed by atoms with Gasteiger partial charge in [0.1, 0.15) is 0 Å². The molecule has 4 nitrogen and oxygen atoms in total. The summed E-state index contributed by atoms with van der Waals surface area (Å²) in [6.45, 7) is 2.92. The molecule has 5 heteroatoms. The van der Waals surface area contributed by atoms with Gasteiger partial charge in [0.15, 0.2) is 18.0 Å². The summed E-state index contributed by atoms with van der Waals surface area (Å²) >= 11 is 0. The van der Waals surface area contributed by atoms with E-state index in [0.29, 0.717) is 0 Å². The standard InChI is InChI=1S/C9H16FNO3/c1-5-14-9(13)7(11(3)4)8(12)6(2)10/h6-7H,5H2,1-4H3. The molecule has 0 N–H and O–H groups in total. The van der Waals surface area contributed by atoms with Crippen LogP contribution in [0.25, 0.3) is 0 Å². The second-order valence-corrected chi connectivity index (χ2v) is 3.14. The number of likely N-dealkylation sites (N-methyl/N-ethyl adjacent to an activating group) is 1. The molecule has 0 aliphatic carbocycles. The second kappa shape index (κ2) is 5.70.